The molecule has 12 heteroatoms. The van der Waals surface area contributed by atoms with Crippen molar-refractivity contribution in [1.29, 1.82) is 0 Å². The van der Waals surface area contributed by atoms with E-state index < -0.39 is 23.4 Å². The summed E-state index contributed by atoms with van der Waals surface area (Å²) in [6, 6.07) is 8.73. The van der Waals surface area contributed by atoms with Gasteiger partial charge < -0.3 is 14.0 Å². The molecule has 9 nitrogen and oxygen atoms in total. The minimum absolute atomic E-state index is 0.155. The van der Waals surface area contributed by atoms with Gasteiger partial charge in [-0.3, -0.25) is 19.7 Å². The van der Waals surface area contributed by atoms with Crippen LogP contribution in [0.25, 0.3) is 10.2 Å². The number of fused-ring (bicyclic) bond motifs is 1. The number of amides is 1. The maximum atomic E-state index is 12.3. The molecule has 30 heavy (non-hydrogen) atoms. The molecular formula is C18H13Cl2N3O6S. The highest BCUT2D eigenvalue weighted by Crippen LogP contribution is 2.27. The van der Waals surface area contributed by atoms with Gasteiger partial charge in [0, 0.05) is 17.2 Å². The van der Waals surface area contributed by atoms with Gasteiger partial charge >= 0.3 is 5.97 Å². The highest BCUT2D eigenvalue weighted by Gasteiger charge is 2.16. The first-order valence-corrected chi connectivity index (χ1v) is 9.85. The summed E-state index contributed by atoms with van der Waals surface area (Å²) in [6.07, 6.45) is 0. The third kappa shape index (κ3) is 4.96. The third-order valence-corrected chi connectivity index (χ3v) is 5.45. The van der Waals surface area contributed by atoms with Crippen LogP contribution in [-0.4, -0.2) is 35.1 Å². The number of carbonyl (C=O) groups excluding carboxylic acids is 2. The molecule has 0 spiro atoms. The quantitative estimate of drug-likeness (QED) is 0.309. The number of hydrogen-bond acceptors (Lipinski definition) is 7. The molecule has 3 aromatic rings. The van der Waals surface area contributed by atoms with Crippen molar-refractivity contribution in [3.8, 4) is 5.75 Å². The molecule has 0 fully saturated rings. The molecule has 0 aliphatic rings. The Labute approximate surface area is 183 Å². The van der Waals surface area contributed by atoms with E-state index in [1.54, 1.807) is 6.07 Å². The molecule has 3 rings (SSSR count). The molecule has 0 saturated carbocycles. The molecular weight excluding hydrogens is 457 g/mol. The molecule has 0 aliphatic heterocycles. The Morgan fingerprint density at radius 1 is 1.23 bits per heavy atom. The summed E-state index contributed by atoms with van der Waals surface area (Å²) < 4.78 is 12.0. The summed E-state index contributed by atoms with van der Waals surface area (Å²) in [5.41, 5.74) is 0.227. The van der Waals surface area contributed by atoms with Crippen molar-refractivity contribution in [2.24, 2.45) is 4.99 Å². The van der Waals surface area contributed by atoms with E-state index in [-0.39, 0.29) is 27.8 Å². The molecule has 0 unspecified atom stereocenters. The van der Waals surface area contributed by atoms with Crippen LogP contribution in [0.2, 0.25) is 10.0 Å². The maximum absolute atomic E-state index is 12.3. The van der Waals surface area contributed by atoms with Crippen molar-refractivity contribution >= 4 is 62.3 Å². The Balaban J connectivity index is 1.95. The number of carbonyl (C=O) groups is 2. The Morgan fingerprint density at radius 3 is 2.67 bits per heavy atom. The molecule has 2 aromatic carbocycles. The van der Waals surface area contributed by atoms with Crippen LogP contribution in [0.15, 0.2) is 41.4 Å². The van der Waals surface area contributed by atoms with E-state index in [0.29, 0.717) is 15.2 Å². The Kier molecular flexibility index (Phi) is 6.70. The number of hydrogen-bond donors (Lipinski definition) is 0. The van der Waals surface area contributed by atoms with E-state index in [1.165, 1.54) is 42.0 Å². The number of rotatable bonds is 6. The summed E-state index contributed by atoms with van der Waals surface area (Å²) in [6.45, 7) is -0.679. The number of methoxy groups -OCH3 is 1. The second kappa shape index (κ2) is 9.24. The largest absolute Gasteiger partial charge is 0.482 e. The summed E-state index contributed by atoms with van der Waals surface area (Å²) in [5, 5.41) is 11.7. The number of thiazole rings is 1. The second-order valence-corrected chi connectivity index (χ2v) is 7.68. The van der Waals surface area contributed by atoms with Crippen LogP contribution >= 0.6 is 34.5 Å². The molecule has 1 aromatic heterocycles. The van der Waals surface area contributed by atoms with Crippen LogP contribution in [0.4, 0.5) is 5.69 Å². The zero-order valence-electron chi connectivity index (χ0n) is 15.3. The lowest BCUT2D eigenvalue weighted by molar-refractivity contribution is -0.384. The van der Waals surface area contributed by atoms with Gasteiger partial charge in [-0.25, -0.2) is 0 Å². The fourth-order valence-corrected chi connectivity index (χ4v) is 3.96. The van der Waals surface area contributed by atoms with Crippen LogP contribution in [0.1, 0.15) is 0 Å². The lowest BCUT2D eigenvalue weighted by atomic mass is 10.3. The van der Waals surface area contributed by atoms with Crippen LogP contribution in [0.3, 0.4) is 0 Å². The first-order chi connectivity index (χ1) is 14.3. The number of esters is 1. The Bertz CT molecular complexity index is 1220. The van der Waals surface area contributed by atoms with E-state index in [0.717, 1.165) is 11.3 Å². The van der Waals surface area contributed by atoms with Gasteiger partial charge in [0.25, 0.3) is 11.6 Å². The van der Waals surface area contributed by atoms with Crippen LogP contribution in [0, 0.1) is 10.1 Å². The van der Waals surface area contributed by atoms with Gasteiger partial charge in [-0.1, -0.05) is 34.5 Å². The number of ether oxygens (including phenoxy) is 2. The molecule has 1 amide bonds. The van der Waals surface area contributed by atoms with Crippen molar-refractivity contribution in [3.63, 3.8) is 0 Å². The number of benzene rings is 2. The summed E-state index contributed by atoms with van der Waals surface area (Å²) in [5.74, 6) is -0.973. The lowest BCUT2D eigenvalue weighted by Gasteiger charge is -2.06. The molecule has 0 N–H and O–H groups in total. The number of halogens is 2. The van der Waals surface area contributed by atoms with Crippen molar-refractivity contribution < 1.29 is 24.0 Å². The Morgan fingerprint density at radius 2 is 2.00 bits per heavy atom. The zero-order valence-corrected chi connectivity index (χ0v) is 17.7. The van der Waals surface area contributed by atoms with Crippen molar-refractivity contribution in [2.45, 2.75) is 6.54 Å². The average Bonchev–Trinajstić information content (AvgIpc) is 3.03. The van der Waals surface area contributed by atoms with Gasteiger partial charge in [-0.15, -0.1) is 0 Å². The van der Waals surface area contributed by atoms with Crippen molar-refractivity contribution in [3.05, 3.63) is 61.4 Å². The van der Waals surface area contributed by atoms with E-state index in [2.05, 4.69) is 9.73 Å². The first kappa shape index (κ1) is 21.8. The number of nitro groups is 1. The van der Waals surface area contributed by atoms with E-state index in [9.17, 15) is 19.7 Å². The number of nitro benzene ring substituents is 1. The van der Waals surface area contributed by atoms with E-state index in [1.807, 2.05) is 0 Å². The normalized spacial score (nSPS) is 11.5. The average molecular weight is 470 g/mol. The maximum Gasteiger partial charge on any atom is 0.325 e. The lowest BCUT2D eigenvalue weighted by Crippen LogP contribution is -2.23. The van der Waals surface area contributed by atoms with Crippen LogP contribution in [0.5, 0.6) is 5.75 Å². The van der Waals surface area contributed by atoms with Gasteiger partial charge in [0.05, 0.1) is 27.3 Å². The molecule has 0 saturated heterocycles. The highest BCUT2D eigenvalue weighted by molar-refractivity contribution is 7.16. The fourth-order valence-electron chi connectivity index (χ4n) is 2.47. The van der Waals surface area contributed by atoms with Gasteiger partial charge in [0.1, 0.15) is 12.3 Å². The van der Waals surface area contributed by atoms with Crippen LogP contribution < -0.4 is 9.54 Å². The summed E-state index contributed by atoms with van der Waals surface area (Å²) in [4.78, 5) is 38.8. The minimum atomic E-state index is -0.638. The minimum Gasteiger partial charge on any atom is -0.482 e. The molecule has 156 valence electrons. The Hall–Kier alpha value is -2.95. The fraction of sp³-hybridized carbons (Fsp3) is 0.167. The predicted octanol–water partition coefficient (Wildman–Crippen LogP) is 3.60. The predicted molar refractivity (Wildman–Crippen MR) is 111 cm³/mol. The third-order valence-electron chi connectivity index (χ3n) is 3.86. The monoisotopic (exact) mass is 469 g/mol. The number of non-ortho nitro benzene ring substituents is 1. The zero-order chi connectivity index (χ0) is 21.8. The van der Waals surface area contributed by atoms with Gasteiger partial charge in [0.15, 0.2) is 11.4 Å². The number of aromatic nitrogens is 1. The summed E-state index contributed by atoms with van der Waals surface area (Å²) >= 11 is 12.9. The summed E-state index contributed by atoms with van der Waals surface area (Å²) in [7, 11) is 1.21. The van der Waals surface area contributed by atoms with Crippen molar-refractivity contribution in [2.75, 3.05) is 13.7 Å². The second-order valence-electron chi connectivity index (χ2n) is 5.83. The molecule has 1 heterocycles. The van der Waals surface area contributed by atoms with Gasteiger partial charge in [0.2, 0.25) is 0 Å². The van der Waals surface area contributed by atoms with Crippen molar-refractivity contribution in [1.82, 2.24) is 4.57 Å². The smallest absolute Gasteiger partial charge is 0.325 e. The number of nitrogens with zero attached hydrogens (tertiary/aromatic N) is 3. The molecule has 0 radical (unpaired) electrons. The topological polar surface area (TPSA) is 113 Å². The van der Waals surface area contributed by atoms with E-state index >= 15 is 0 Å². The van der Waals surface area contributed by atoms with E-state index in [4.69, 9.17) is 27.9 Å². The molecule has 0 bridgehead atoms. The first-order valence-electron chi connectivity index (χ1n) is 8.28. The molecule has 0 aliphatic carbocycles. The van der Waals surface area contributed by atoms with Crippen LogP contribution in [-0.2, 0) is 20.9 Å². The standard InChI is InChI=1S/C18H13Cl2N3O6S/c1-28-17(25)8-22-13-7-11(23(26)27)3-5-15(13)30-18(22)21-16(24)9-29-14-4-2-10(19)6-12(14)20/h2-7H,8-9H2,1H3. The SMILES string of the molecule is COC(=O)Cn1c(=NC(=O)COc2ccc(Cl)cc2Cl)sc2ccc([N+](=O)[O-])cc21. The highest BCUT2D eigenvalue weighted by atomic mass is 35.5. The van der Waals surface area contributed by atoms with Gasteiger partial charge in [-0.2, -0.15) is 4.99 Å². The van der Waals surface area contributed by atoms with Gasteiger partial charge in [-0.05, 0) is 24.3 Å². The molecule has 0 atom stereocenters.